The summed E-state index contributed by atoms with van der Waals surface area (Å²) in [5, 5.41) is 12.0. The van der Waals surface area contributed by atoms with Gasteiger partial charge in [-0.15, -0.1) is 0 Å². The highest BCUT2D eigenvalue weighted by molar-refractivity contribution is 6.26. The van der Waals surface area contributed by atoms with E-state index in [-0.39, 0.29) is 23.8 Å². The molecule has 1 aliphatic rings. The number of benzene rings is 2. The van der Waals surface area contributed by atoms with Crippen molar-refractivity contribution in [3.63, 3.8) is 0 Å². The first kappa shape index (κ1) is 16.8. The van der Waals surface area contributed by atoms with Crippen molar-refractivity contribution in [3.8, 4) is 0 Å². The number of nitrogen functional groups attached to an aromatic ring is 1. The smallest absolute Gasteiger partial charge is 0.270 e. The number of rotatable bonds is 4. The first-order valence-electron chi connectivity index (χ1n) is 7.75. The van der Waals surface area contributed by atoms with Gasteiger partial charge >= 0.3 is 0 Å². The normalized spacial score (nSPS) is 15.1. The lowest BCUT2D eigenvalue weighted by Crippen LogP contribution is -2.47. The molecule has 1 heterocycles. The molecule has 3 rings (SSSR count). The molecule has 0 saturated carbocycles. The van der Waals surface area contributed by atoms with Crippen molar-refractivity contribution in [2.24, 2.45) is 0 Å². The van der Waals surface area contributed by atoms with Gasteiger partial charge in [-0.2, -0.15) is 0 Å². The van der Waals surface area contributed by atoms with Gasteiger partial charge in [0, 0.05) is 35.8 Å². The Morgan fingerprint density at radius 2 is 1.76 bits per heavy atom. The van der Waals surface area contributed by atoms with Gasteiger partial charge in [0.25, 0.3) is 17.5 Å². The second-order valence-electron chi connectivity index (χ2n) is 6.45. The summed E-state index contributed by atoms with van der Waals surface area (Å²) in [5.74, 6) is -0.956. The number of hydrogen-bond donors (Lipinski definition) is 1. The number of nitrogens with zero attached hydrogens (tertiary/aromatic N) is 3. The fourth-order valence-corrected chi connectivity index (χ4v) is 2.94. The number of imide groups is 1. The van der Waals surface area contributed by atoms with Gasteiger partial charge in [-0.3, -0.25) is 24.6 Å². The Bertz CT molecular complexity index is 922. The molecule has 1 unspecified atom stereocenters. The van der Waals surface area contributed by atoms with E-state index in [2.05, 4.69) is 0 Å². The molecule has 2 aromatic carbocycles. The summed E-state index contributed by atoms with van der Waals surface area (Å²) in [4.78, 5) is 39.4. The van der Waals surface area contributed by atoms with Gasteiger partial charge in [-0.25, -0.2) is 0 Å². The van der Waals surface area contributed by atoms with Crippen LogP contribution in [0.25, 0.3) is 10.8 Å². The first-order valence-corrected chi connectivity index (χ1v) is 7.75. The van der Waals surface area contributed by atoms with Crippen LogP contribution in [0.5, 0.6) is 0 Å². The number of nitrogens with two attached hydrogens (primary N) is 1. The van der Waals surface area contributed by atoms with Gasteiger partial charge in [-0.1, -0.05) is 0 Å². The Balaban J connectivity index is 2.23. The zero-order chi connectivity index (χ0) is 18.5. The predicted molar refractivity (Wildman–Crippen MR) is 93.5 cm³/mol. The first-order chi connectivity index (χ1) is 11.7. The maximum absolute atomic E-state index is 12.9. The highest BCUT2D eigenvalue weighted by Crippen LogP contribution is 2.35. The molecule has 0 bridgehead atoms. The maximum atomic E-state index is 12.9. The Morgan fingerprint density at radius 3 is 2.32 bits per heavy atom. The van der Waals surface area contributed by atoms with E-state index in [1.807, 2.05) is 25.9 Å². The monoisotopic (exact) mass is 342 g/mol. The summed E-state index contributed by atoms with van der Waals surface area (Å²) < 4.78 is 0. The van der Waals surface area contributed by atoms with Crippen molar-refractivity contribution in [2.75, 3.05) is 26.4 Å². The highest BCUT2D eigenvalue weighted by atomic mass is 16.6. The molecular weight excluding hydrogens is 324 g/mol. The lowest BCUT2D eigenvalue weighted by atomic mass is 9.92. The average Bonchev–Trinajstić information content (AvgIpc) is 2.54. The zero-order valence-corrected chi connectivity index (χ0v) is 14.1. The number of amides is 2. The van der Waals surface area contributed by atoms with Crippen LogP contribution in [0.3, 0.4) is 0 Å². The van der Waals surface area contributed by atoms with Crippen LogP contribution >= 0.6 is 0 Å². The standard InChI is InChI=1S/C17H18N4O4/c1-9(19(2)3)8-20-16(22)13-6-11(18)4-10-5-12(21(24)25)7-14(15(10)13)17(20)23/h4-7,9H,8,18H2,1-3H3. The van der Waals surface area contributed by atoms with E-state index in [0.717, 1.165) is 4.90 Å². The van der Waals surface area contributed by atoms with Crippen LogP contribution in [0.1, 0.15) is 27.6 Å². The third-order valence-corrected chi connectivity index (χ3v) is 4.55. The fraction of sp³-hybridized carbons (Fsp3) is 0.294. The summed E-state index contributed by atoms with van der Waals surface area (Å²) >= 11 is 0. The van der Waals surface area contributed by atoms with Crippen molar-refractivity contribution >= 4 is 34.0 Å². The summed E-state index contributed by atoms with van der Waals surface area (Å²) in [6, 6.07) is 5.54. The predicted octanol–water partition coefficient (Wildman–Crippen LogP) is 1.88. The van der Waals surface area contributed by atoms with Crippen LogP contribution in [0.2, 0.25) is 0 Å². The third-order valence-electron chi connectivity index (χ3n) is 4.55. The minimum Gasteiger partial charge on any atom is -0.399 e. The minimum absolute atomic E-state index is 0.0651. The molecule has 130 valence electrons. The molecule has 8 nitrogen and oxygen atoms in total. The van der Waals surface area contributed by atoms with Crippen molar-refractivity contribution in [2.45, 2.75) is 13.0 Å². The zero-order valence-electron chi connectivity index (χ0n) is 14.1. The van der Waals surface area contributed by atoms with Gasteiger partial charge < -0.3 is 10.6 Å². The highest BCUT2D eigenvalue weighted by Gasteiger charge is 2.35. The Labute approximate surface area is 143 Å². The average molecular weight is 342 g/mol. The maximum Gasteiger partial charge on any atom is 0.270 e. The molecule has 0 aliphatic carbocycles. The Morgan fingerprint density at radius 1 is 1.16 bits per heavy atom. The van der Waals surface area contributed by atoms with Crippen LogP contribution in [0, 0.1) is 10.1 Å². The van der Waals surface area contributed by atoms with Crippen molar-refractivity contribution in [1.29, 1.82) is 0 Å². The van der Waals surface area contributed by atoms with E-state index in [1.165, 1.54) is 24.3 Å². The van der Waals surface area contributed by atoms with E-state index >= 15 is 0 Å². The molecule has 8 heteroatoms. The molecule has 0 radical (unpaired) electrons. The van der Waals surface area contributed by atoms with E-state index in [4.69, 9.17) is 5.73 Å². The van der Waals surface area contributed by atoms with E-state index < -0.39 is 16.7 Å². The molecule has 1 aliphatic heterocycles. The molecule has 0 saturated heterocycles. The molecular formula is C17H18N4O4. The van der Waals surface area contributed by atoms with Gasteiger partial charge in [0.05, 0.1) is 16.1 Å². The molecule has 2 N–H and O–H groups in total. The number of nitro benzene ring substituents is 1. The van der Waals surface area contributed by atoms with E-state index in [0.29, 0.717) is 22.0 Å². The van der Waals surface area contributed by atoms with Crippen LogP contribution in [-0.2, 0) is 0 Å². The summed E-state index contributed by atoms with van der Waals surface area (Å²) in [5.41, 5.74) is 6.42. The molecule has 25 heavy (non-hydrogen) atoms. The third kappa shape index (κ3) is 2.70. The summed E-state index contributed by atoms with van der Waals surface area (Å²) in [6.45, 7) is 2.07. The fourth-order valence-electron chi connectivity index (χ4n) is 2.94. The lowest BCUT2D eigenvalue weighted by Gasteiger charge is -2.31. The number of hydrogen-bond acceptors (Lipinski definition) is 6. The topological polar surface area (TPSA) is 110 Å². The number of carbonyl (C=O) groups is 2. The van der Waals surface area contributed by atoms with E-state index in [9.17, 15) is 19.7 Å². The molecule has 0 spiro atoms. The molecule has 0 fully saturated rings. The molecule has 0 aromatic heterocycles. The summed E-state index contributed by atoms with van der Waals surface area (Å²) in [7, 11) is 3.70. The number of non-ortho nitro benzene ring substituents is 1. The number of nitro groups is 1. The van der Waals surface area contributed by atoms with E-state index in [1.54, 1.807) is 0 Å². The minimum atomic E-state index is -0.560. The Kier molecular flexibility index (Phi) is 3.92. The second kappa shape index (κ2) is 5.82. The van der Waals surface area contributed by atoms with Crippen molar-refractivity contribution in [3.05, 3.63) is 45.5 Å². The Hall–Kier alpha value is -3.00. The quantitative estimate of drug-likeness (QED) is 0.393. The van der Waals surface area contributed by atoms with Gasteiger partial charge in [0.15, 0.2) is 0 Å². The number of carbonyl (C=O) groups excluding carboxylic acids is 2. The molecule has 1 atom stereocenters. The lowest BCUT2D eigenvalue weighted by molar-refractivity contribution is -0.384. The molecule has 2 aromatic rings. The van der Waals surface area contributed by atoms with Gasteiger partial charge in [0.2, 0.25) is 0 Å². The van der Waals surface area contributed by atoms with Crippen LogP contribution in [0.15, 0.2) is 24.3 Å². The van der Waals surface area contributed by atoms with Crippen LogP contribution in [-0.4, -0.2) is 53.2 Å². The summed E-state index contributed by atoms with van der Waals surface area (Å²) in [6.07, 6.45) is 0. The van der Waals surface area contributed by atoms with Crippen molar-refractivity contribution < 1.29 is 14.5 Å². The van der Waals surface area contributed by atoms with Gasteiger partial charge in [-0.05, 0) is 38.5 Å². The van der Waals surface area contributed by atoms with Crippen LogP contribution in [0.4, 0.5) is 11.4 Å². The van der Waals surface area contributed by atoms with Gasteiger partial charge in [0.1, 0.15) is 0 Å². The largest absolute Gasteiger partial charge is 0.399 e. The SMILES string of the molecule is CC(CN1C(=O)c2cc(N)cc3cc([N+](=O)[O-])cc(c23)C1=O)N(C)C. The van der Waals surface area contributed by atoms with Crippen molar-refractivity contribution in [1.82, 2.24) is 9.80 Å². The number of anilines is 1. The number of likely N-dealkylation sites (N-methyl/N-ethyl adjacent to an activating group) is 1. The molecule has 2 amide bonds. The van der Waals surface area contributed by atoms with Crippen LogP contribution < -0.4 is 5.73 Å². The second-order valence-corrected chi connectivity index (χ2v) is 6.45.